The van der Waals surface area contributed by atoms with E-state index in [2.05, 4.69) is 27.0 Å². The van der Waals surface area contributed by atoms with Crippen molar-refractivity contribution < 1.29 is 0 Å². The largest absolute Gasteiger partial charge is 0.343 e. The quantitative estimate of drug-likeness (QED) is 0.709. The Morgan fingerprint density at radius 1 is 1.35 bits per heavy atom. The van der Waals surface area contributed by atoms with Gasteiger partial charge in [-0.05, 0) is 24.0 Å². The molecular weight excluding hydrogens is 274 g/mol. The number of imidazole rings is 1. The lowest BCUT2D eigenvalue weighted by Crippen LogP contribution is -2.16. The molecule has 0 aliphatic rings. The van der Waals surface area contributed by atoms with Crippen LogP contribution in [0.1, 0.15) is 15.4 Å². The van der Waals surface area contributed by atoms with Crippen LogP contribution in [0.15, 0.2) is 35.8 Å². The summed E-state index contributed by atoms with van der Waals surface area (Å²) in [6.45, 7) is 0.507. The van der Waals surface area contributed by atoms with Crippen LogP contribution in [0.25, 0.3) is 0 Å². The molecule has 0 aliphatic heterocycles. The molecule has 20 heavy (non-hydrogen) atoms. The second-order valence-electron chi connectivity index (χ2n) is 4.20. The topological polar surface area (TPSA) is 68.5 Å². The molecule has 0 saturated carbocycles. The summed E-state index contributed by atoms with van der Waals surface area (Å²) in [6, 6.07) is 3.92. The van der Waals surface area contributed by atoms with Gasteiger partial charge in [0.1, 0.15) is 12.0 Å². The molecule has 0 fully saturated rings. The zero-order valence-electron chi connectivity index (χ0n) is 10.7. The van der Waals surface area contributed by atoms with Crippen molar-refractivity contribution in [2.24, 2.45) is 7.05 Å². The average Bonchev–Trinajstić information content (AvgIpc) is 3.12. The fourth-order valence-corrected chi connectivity index (χ4v) is 2.54. The number of aryl methyl sites for hydroxylation is 1. The Kier molecular flexibility index (Phi) is 3.23. The molecule has 0 bridgehead atoms. The summed E-state index contributed by atoms with van der Waals surface area (Å²) in [5.41, 5.74) is 0.659. The lowest BCUT2D eigenvalue weighted by molar-refractivity contribution is 0.772. The van der Waals surface area contributed by atoms with Gasteiger partial charge in [0.15, 0.2) is 0 Å². The van der Waals surface area contributed by atoms with E-state index in [0.717, 1.165) is 15.4 Å². The molecule has 1 N–H and O–H groups in total. The number of thiophene rings is 1. The highest BCUT2D eigenvalue weighted by molar-refractivity contribution is 7.12. The van der Waals surface area contributed by atoms with Crippen molar-refractivity contribution in [3.8, 4) is 11.8 Å². The summed E-state index contributed by atoms with van der Waals surface area (Å²) in [7, 11) is 1.90. The molecule has 3 rings (SSSR count). The second-order valence-corrected chi connectivity index (χ2v) is 5.36. The molecule has 0 unspecified atom stereocenters. The summed E-state index contributed by atoms with van der Waals surface area (Å²) < 4.78 is 3.39. The molecule has 0 amide bonds. The van der Waals surface area contributed by atoms with E-state index in [0.29, 0.717) is 6.54 Å². The number of H-pyrrole nitrogens is 1. The normalized spacial score (nSPS) is 10.2. The molecule has 7 heteroatoms. The first kappa shape index (κ1) is 12.4. The lowest BCUT2D eigenvalue weighted by atomic mass is 10.4. The summed E-state index contributed by atoms with van der Waals surface area (Å²) in [6.07, 6.45) is 4.94. The molecule has 0 aliphatic carbocycles. The number of hydrogen-bond acceptors (Lipinski definition) is 4. The first-order valence-corrected chi connectivity index (χ1v) is 6.71. The molecule has 100 valence electrons. The van der Waals surface area contributed by atoms with Crippen LogP contribution in [-0.4, -0.2) is 24.3 Å². The highest BCUT2D eigenvalue weighted by Crippen LogP contribution is 2.16. The molecule has 3 heterocycles. The number of hydrogen-bond donors (Lipinski definition) is 1. The maximum absolute atomic E-state index is 11.4. The molecule has 0 radical (unpaired) electrons. The van der Waals surface area contributed by atoms with Gasteiger partial charge in [0.2, 0.25) is 0 Å². The summed E-state index contributed by atoms with van der Waals surface area (Å²) in [4.78, 5) is 17.4. The van der Waals surface area contributed by atoms with Crippen LogP contribution in [0.4, 0.5) is 0 Å². The standard InChI is InChI=1S/C13H11N5OS/c1-17-8-14-6-10(17)2-3-11-4-5-12(20-11)7-18-9-15-16-13(18)19/h4-6,8-9H,7H2,1H3,(H,16,19). The third-order valence-electron chi connectivity index (χ3n) is 2.74. The van der Waals surface area contributed by atoms with Gasteiger partial charge in [-0.25, -0.2) is 14.9 Å². The molecule has 0 atom stereocenters. The first-order valence-electron chi connectivity index (χ1n) is 5.89. The Bertz CT molecular complexity index is 842. The highest BCUT2D eigenvalue weighted by atomic mass is 32.1. The van der Waals surface area contributed by atoms with Gasteiger partial charge in [0.05, 0.1) is 23.9 Å². The van der Waals surface area contributed by atoms with Crippen LogP contribution < -0.4 is 5.69 Å². The van der Waals surface area contributed by atoms with Crippen LogP contribution in [-0.2, 0) is 13.6 Å². The van der Waals surface area contributed by atoms with Crippen LogP contribution in [0.5, 0.6) is 0 Å². The second kappa shape index (κ2) is 5.19. The van der Waals surface area contributed by atoms with E-state index in [1.807, 2.05) is 23.7 Å². The maximum atomic E-state index is 11.4. The Balaban J connectivity index is 1.78. The van der Waals surface area contributed by atoms with Crippen LogP contribution in [0.3, 0.4) is 0 Å². The van der Waals surface area contributed by atoms with Gasteiger partial charge in [-0.15, -0.1) is 11.3 Å². The fraction of sp³-hybridized carbons (Fsp3) is 0.154. The van der Waals surface area contributed by atoms with Crippen molar-refractivity contribution in [3.05, 3.63) is 56.9 Å². The molecule has 0 saturated heterocycles. The molecule has 0 spiro atoms. The number of aromatic nitrogens is 5. The third kappa shape index (κ3) is 2.55. The lowest BCUT2D eigenvalue weighted by Gasteiger charge is -1.94. The molecular formula is C13H11N5OS. The predicted octanol–water partition coefficient (Wildman–Crippen LogP) is 0.815. The minimum Gasteiger partial charge on any atom is -0.327 e. The van der Waals surface area contributed by atoms with Gasteiger partial charge in [-0.3, -0.25) is 4.57 Å². The first-order chi connectivity index (χ1) is 9.72. The van der Waals surface area contributed by atoms with E-state index in [4.69, 9.17) is 0 Å². The van der Waals surface area contributed by atoms with Crippen LogP contribution >= 0.6 is 11.3 Å². The van der Waals surface area contributed by atoms with E-state index in [-0.39, 0.29) is 5.69 Å². The van der Waals surface area contributed by atoms with Gasteiger partial charge in [0, 0.05) is 11.9 Å². The summed E-state index contributed by atoms with van der Waals surface area (Å²) in [5, 5.41) is 6.07. The Morgan fingerprint density at radius 2 is 2.25 bits per heavy atom. The van der Waals surface area contributed by atoms with Gasteiger partial charge in [0.25, 0.3) is 0 Å². The molecule has 3 aromatic rings. The maximum Gasteiger partial charge on any atom is 0.343 e. The Hall–Kier alpha value is -2.59. The predicted molar refractivity (Wildman–Crippen MR) is 75.5 cm³/mol. The third-order valence-corrected chi connectivity index (χ3v) is 3.72. The minimum atomic E-state index is -0.207. The molecule has 3 aromatic heterocycles. The summed E-state index contributed by atoms with van der Waals surface area (Å²) >= 11 is 1.56. The van der Waals surface area contributed by atoms with E-state index in [9.17, 15) is 4.79 Å². The monoisotopic (exact) mass is 285 g/mol. The SMILES string of the molecule is Cn1cncc1C#Cc1ccc(Cn2cn[nH]c2=O)s1. The number of rotatable bonds is 2. The Morgan fingerprint density at radius 3 is 2.95 bits per heavy atom. The van der Waals surface area contributed by atoms with Crippen LogP contribution in [0.2, 0.25) is 0 Å². The zero-order chi connectivity index (χ0) is 13.9. The van der Waals surface area contributed by atoms with Gasteiger partial charge in [-0.2, -0.15) is 5.10 Å². The van der Waals surface area contributed by atoms with Crippen molar-refractivity contribution in [2.45, 2.75) is 6.54 Å². The smallest absolute Gasteiger partial charge is 0.327 e. The van der Waals surface area contributed by atoms with E-state index >= 15 is 0 Å². The minimum absolute atomic E-state index is 0.207. The number of aromatic amines is 1. The Labute approximate surface area is 118 Å². The number of nitrogens with one attached hydrogen (secondary N) is 1. The van der Waals surface area contributed by atoms with Crippen molar-refractivity contribution >= 4 is 11.3 Å². The van der Waals surface area contributed by atoms with Gasteiger partial charge in [-0.1, -0.05) is 0 Å². The van der Waals surface area contributed by atoms with E-state index in [1.54, 1.807) is 23.9 Å². The fourth-order valence-electron chi connectivity index (χ4n) is 1.68. The van der Waals surface area contributed by atoms with Crippen molar-refractivity contribution in [1.82, 2.24) is 24.3 Å². The van der Waals surface area contributed by atoms with Crippen molar-refractivity contribution in [3.63, 3.8) is 0 Å². The van der Waals surface area contributed by atoms with Crippen molar-refractivity contribution in [2.75, 3.05) is 0 Å². The van der Waals surface area contributed by atoms with E-state index in [1.165, 1.54) is 10.9 Å². The molecule has 6 nitrogen and oxygen atoms in total. The zero-order valence-corrected chi connectivity index (χ0v) is 11.5. The highest BCUT2D eigenvalue weighted by Gasteiger charge is 2.02. The average molecular weight is 285 g/mol. The summed E-state index contributed by atoms with van der Waals surface area (Å²) in [5.74, 6) is 6.17. The van der Waals surface area contributed by atoms with E-state index < -0.39 is 0 Å². The van der Waals surface area contributed by atoms with Gasteiger partial charge < -0.3 is 4.57 Å². The van der Waals surface area contributed by atoms with Crippen LogP contribution in [0, 0.1) is 11.8 Å². The molecule has 0 aromatic carbocycles. The van der Waals surface area contributed by atoms with Gasteiger partial charge >= 0.3 is 5.69 Å². The number of nitrogens with zero attached hydrogens (tertiary/aromatic N) is 4. The van der Waals surface area contributed by atoms with Crippen molar-refractivity contribution in [1.29, 1.82) is 0 Å².